The monoisotopic (exact) mass is 210 g/mol. The second-order valence-electron chi connectivity index (χ2n) is 3.39. The lowest BCUT2D eigenvalue weighted by molar-refractivity contribution is -0.142. The Labute approximate surface area is 85.8 Å². The molecule has 0 fully saturated rings. The summed E-state index contributed by atoms with van der Waals surface area (Å²) < 4.78 is 0. The van der Waals surface area contributed by atoms with Crippen LogP contribution in [0.1, 0.15) is 12.0 Å². The lowest BCUT2D eigenvalue weighted by atomic mass is 9.93. The van der Waals surface area contributed by atoms with Crippen LogP contribution in [0.5, 0.6) is 0 Å². The number of fused-ring (bicyclic) bond motifs is 1. The normalized spacial score (nSPS) is 24.6. The van der Waals surface area contributed by atoms with Gasteiger partial charge >= 0.3 is 5.97 Å². The molecule has 0 aromatic heterocycles. The molecule has 2 N–H and O–H groups in total. The third-order valence-corrected chi connectivity index (χ3v) is 3.59. The standard InChI is InChI=1S/C10H10O3S/c11-9(12)5-10(13)6-14-8-4-2-1-3-7(8)10/h1-4,13H,5-6H2,(H,11,12). The number of carboxylic acids is 1. The number of carbonyl (C=O) groups is 1. The molecule has 1 aliphatic heterocycles. The van der Waals surface area contributed by atoms with Gasteiger partial charge in [-0.3, -0.25) is 4.79 Å². The van der Waals surface area contributed by atoms with Crippen LogP contribution in [-0.2, 0) is 10.4 Å². The van der Waals surface area contributed by atoms with Crippen LogP contribution in [0, 0.1) is 0 Å². The highest BCUT2D eigenvalue weighted by Gasteiger charge is 2.38. The van der Waals surface area contributed by atoms with Crippen molar-refractivity contribution in [1.29, 1.82) is 0 Å². The molecule has 1 unspecified atom stereocenters. The van der Waals surface area contributed by atoms with Gasteiger partial charge in [0.05, 0.1) is 6.42 Å². The molecule has 1 aromatic carbocycles. The van der Waals surface area contributed by atoms with E-state index in [0.29, 0.717) is 5.75 Å². The zero-order chi connectivity index (χ0) is 10.2. The maximum absolute atomic E-state index is 10.6. The number of hydrogen-bond donors (Lipinski definition) is 2. The average Bonchev–Trinajstić information content (AvgIpc) is 2.44. The molecule has 2 rings (SSSR count). The van der Waals surface area contributed by atoms with Gasteiger partial charge in [-0.1, -0.05) is 18.2 Å². The molecule has 14 heavy (non-hydrogen) atoms. The third kappa shape index (κ3) is 1.51. The quantitative estimate of drug-likeness (QED) is 0.775. The zero-order valence-corrected chi connectivity index (χ0v) is 8.25. The Morgan fingerprint density at radius 1 is 1.50 bits per heavy atom. The van der Waals surface area contributed by atoms with Crippen molar-refractivity contribution in [3.8, 4) is 0 Å². The Bertz CT molecular complexity index is 377. The molecule has 0 aliphatic carbocycles. The van der Waals surface area contributed by atoms with E-state index < -0.39 is 11.6 Å². The lowest BCUT2D eigenvalue weighted by Crippen LogP contribution is -2.28. The minimum atomic E-state index is -1.19. The molecule has 1 aliphatic rings. The van der Waals surface area contributed by atoms with Crippen molar-refractivity contribution in [2.24, 2.45) is 0 Å². The van der Waals surface area contributed by atoms with Crippen molar-refractivity contribution >= 4 is 17.7 Å². The molecule has 4 heteroatoms. The summed E-state index contributed by atoms with van der Waals surface area (Å²) in [6.45, 7) is 0. The van der Waals surface area contributed by atoms with Gasteiger partial charge in [0.25, 0.3) is 0 Å². The van der Waals surface area contributed by atoms with Gasteiger partial charge in [0.15, 0.2) is 0 Å². The minimum Gasteiger partial charge on any atom is -0.481 e. The summed E-state index contributed by atoms with van der Waals surface area (Å²) in [6, 6.07) is 7.40. The van der Waals surface area contributed by atoms with E-state index in [1.165, 1.54) is 11.8 Å². The van der Waals surface area contributed by atoms with Gasteiger partial charge in [-0.15, -0.1) is 11.8 Å². The molecule has 0 spiro atoms. The Kier molecular flexibility index (Phi) is 2.25. The average molecular weight is 210 g/mol. The van der Waals surface area contributed by atoms with Crippen LogP contribution in [0.2, 0.25) is 0 Å². The highest BCUT2D eigenvalue weighted by Crippen LogP contribution is 2.43. The third-order valence-electron chi connectivity index (χ3n) is 2.30. The van der Waals surface area contributed by atoms with Crippen LogP contribution in [0.4, 0.5) is 0 Å². The summed E-state index contributed by atoms with van der Waals surface area (Å²) in [5.41, 5.74) is -0.444. The lowest BCUT2D eigenvalue weighted by Gasteiger charge is -2.20. The number of rotatable bonds is 2. The summed E-state index contributed by atoms with van der Waals surface area (Å²) in [4.78, 5) is 11.6. The summed E-state index contributed by atoms with van der Waals surface area (Å²) in [5, 5.41) is 18.8. The minimum absolute atomic E-state index is 0.225. The zero-order valence-electron chi connectivity index (χ0n) is 7.43. The van der Waals surface area contributed by atoms with E-state index in [0.717, 1.165) is 10.5 Å². The molecule has 1 atom stereocenters. The van der Waals surface area contributed by atoms with Crippen LogP contribution in [0.15, 0.2) is 29.2 Å². The number of aliphatic carboxylic acids is 1. The van der Waals surface area contributed by atoms with Crippen molar-refractivity contribution in [2.75, 3.05) is 5.75 Å². The number of thioether (sulfide) groups is 1. The molecule has 74 valence electrons. The predicted molar refractivity (Wildman–Crippen MR) is 53.3 cm³/mol. The molecule has 0 saturated heterocycles. The van der Waals surface area contributed by atoms with E-state index in [-0.39, 0.29) is 6.42 Å². The van der Waals surface area contributed by atoms with Gasteiger partial charge in [0.1, 0.15) is 5.60 Å². The molecule has 0 saturated carbocycles. The van der Waals surface area contributed by atoms with E-state index >= 15 is 0 Å². The summed E-state index contributed by atoms with van der Waals surface area (Å²) in [6.07, 6.45) is -0.225. The summed E-state index contributed by atoms with van der Waals surface area (Å²) in [5.74, 6) is -0.539. The summed E-state index contributed by atoms with van der Waals surface area (Å²) >= 11 is 1.50. The van der Waals surface area contributed by atoms with Gasteiger partial charge in [-0.2, -0.15) is 0 Å². The van der Waals surface area contributed by atoms with Crippen LogP contribution in [0.25, 0.3) is 0 Å². The van der Waals surface area contributed by atoms with Crippen LogP contribution in [-0.4, -0.2) is 21.9 Å². The molecule has 3 nitrogen and oxygen atoms in total. The van der Waals surface area contributed by atoms with Crippen LogP contribution >= 0.6 is 11.8 Å². The fraction of sp³-hybridized carbons (Fsp3) is 0.300. The Morgan fingerprint density at radius 2 is 2.21 bits per heavy atom. The van der Waals surface area contributed by atoms with Crippen molar-refractivity contribution in [2.45, 2.75) is 16.9 Å². The molecule has 0 bridgehead atoms. The smallest absolute Gasteiger partial charge is 0.306 e. The predicted octanol–water partition coefficient (Wildman–Crippen LogP) is 1.45. The fourth-order valence-electron chi connectivity index (χ4n) is 1.65. The first-order valence-corrected chi connectivity index (χ1v) is 5.27. The van der Waals surface area contributed by atoms with Crippen molar-refractivity contribution < 1.29 is 15.0 Å². The molecular weight excluding hydrogens is 200 g/mol. The summed E-state index contributed by atoms with van der Waals surface area (Å²) in [7, 11) is 0. The first-order valence-electron chi connectivity index (χ1n) is 4.28. The van der Waals surface area contributed by atoms with E-state index in [2.05, 4.69) is 0 Å². The van der Waals surface area contributed by atoms with Gasteiger partial charge in [0.2, 0.25) is 0 Å². The van der Waals surface area contributed by atoms with Crippen molar-refractivity contribution in [1.82, 2.24) is 0 Å². The Balaban J connectivity index is 2.37. The topological polar surface area (TPSA) is 57.5 Å². The van der Waals surface area contributed by atoms with Gasteiger partial charge < -0.3 is 10.2 Å². The fourth-order valence-corrected chi connectivity index (χ4v) is 2.89. The highest BCUT2D eigenvalue weighted by molar-refractivity contribution is 7.99. The van der Waals surface area contributed by atoms with E-state index in [1.54, 1.807) is 6.07 Å². The first-order chi connectivity index (χ1) is 6.62. The second kappa shape index (κ2) is 3.29. The maximum Gasteiger partial charge on any atom is 0.306 e. The molecule has 0 radical (unpaired) electrons. The Morgan fingerprint density at radius 3 is 2.93 bits per heavy atom. The van der Waals surface area contributed by atoms with Crippen LogP contribution in [0.3, 0.4) is 0 Å². The van der Waals surface area contributed by atoms with E-state index in [9.17, 15) is 9.90 Å². The van der Waals surface area contributed by atoms with Crippen molar-refractivity contribution in [3.63, 3.8) is 0 Å². The molecular formula is C10H10O3S. The maximum atomic E-state index is 10.6. The largest absolute Gasteiger partial charge is 0.481 e. The van der Waals surface area contributed by atoms with E-state index in [1.807, 2.05) is 18.2 Å². The van der Waals surface area contributed by atoms with Crippen LogP contribution < -0.4 is 0 Å². The first kappa shape index (κ1) is 9.55. The SMILES string of the molecule is O=C(O)CC1(O)CSc2ccccc21. The van der Waals surface area contributed by atoms with Gasteiger partial charge in [0, 0.05) is 10.6 Å². The molecule has 0 amide bonds. The van der Waals surface area contributed by atoms with Crippen molar-refractivity contribution in [3.05, 3.63) is 29.8 Å². The Hall–Kier alpha value is -1.00. The van der Waals surface area contributed by atoms with Gasteiger partial charge in [-0.05, 0) is 11.6 Å². The molecule has 1 heterocycles. The van der Waals surface area contributed by atoms with Gasteiger partial charge in [-0.25, -0.2) is 0 Å². The number of aliphatic hydroxyl groups is 1. The number of carboxylic acid groups (broad SMARTS) is 1. The molecule has 1 aromatic rings. The number of hydrogen-bond acceptors (Lipinski definition) is 3. The highest BCUT2D eigenvalue weighted by atomic mass is 32.2. The van der Waals surface area contributed by atoms with E-state index in [4.69, 9.17) is 5.11 Å². The second-order valence-corrected chi connectivity index (χ2v) is 4.40. The number of benzene rings is 1.